The molecule has 0 radical (unpaired) electrons. The van der Waals surface area contributed by atoms with E-state index in [4.69, 9.17) is 0 Å². The van der Waals surface area contributed by atoms with Gasteiger partial charge in [-0.25, -0.2) is 0 Å². The first-order valence-electron chi connectivity index (χ1n) is 7.82. The topological polar surface area (TPSA) is 34.0 Å². The van der Waals surface area contributed by atoms with Crippen molar-refractivity contribution in [1.82, 2.24) is 19.7 Å². The van der Waals surface area contributed by atoms with Gasteiger partial charge in [-0.15, -0.1) is 10.2 Å². The van der Waals surface area contributed by atoms with Crippen LogP contribution in [0.2, 0.25) is 0 Å². The highest BCUT2D eigenvalue weighted by molar-refractivity contribution is 5.02. The lowest BCUT2D eigenvalue weighted by Gasteiger charge is -2.28. The second kappa shape index (κ2) is 5.23. The van der Waals surface area contributed by atoms with Crippen LogP contribution in [0.15, 0.2) is 0 Å². The van der Waals surface area contributed by atoms with Crippen molar-refractivity contribution < 1.29 is 0 Å². The van der Waals surface area contributed by atoms with Gasteiger partial charge in [-0.2, -0.15) is 0 Å². The molecule has 2 atom stereocenters. The van der Waals surface area contributed by atoms with E-state index in [2.05, 4.69) is 40.4 Å². The summed E-state index contributed by atoms with van der Waals surface area (Å²) >= 11 is 0. The summed E-state index contributed by atoms with van der Waals surface area (Å²) in [6.07, 6.45) is 6.10. The Labute approximate surface area is 116 Å². The van der Waals surface area contributed by atoms with Crippen LogP contribution in [0.4, 0.5) is 0 Å². The van der Waals surface area contributed by atoms with E-state index in [1.807, 2.05) is 0 Å². The molecule has 1 aromatic rings. The summed E-state index contributed by atoms with van der Waals surface area (Å²) in [5.74, 6) is 3.20. The molecule has 19 heavy (non-hydrogen) atoms. The third kappa shape index (κ3) is 2.55. The highest BCUT2D eigenvalue weighted by Crippen LogP contribution is 2.25. The van der Waals surface area contributed by atoms with Crippen LogP contribution in [0.3, 0.4) is 0 Å². The Morgan fingerprint density at radius 1 is 1.26 bits per heavy atom. The largest absolute Gasteiger partial charge is 0.315 e. The molecule has 3 rings (SSSR count). The SMILES string of the molecule is CC1CCc2nnc(CC3CCCN3C(C)C)n2C1. The number of hydrogen-bond donors (Lipinski definition) is 0. The molecule has 2 aliphatic heterocycles. The molecule has 1 aromatic heterocycles. The Kier molecular flexibility index (Phi) is 3.61. The normalized spacial score (nSPS) is 28.0. The standard InChI is InChI=1S/C15H26N4/c1-11(2)18-8-4-5-13(18)9-15-17-16-14-7-6-12(3)10-19(14)15/h11-13H,4-10H2,1-3H3. The van der Waals surface area contributed by atoms with Crippen molar-refractivity contribution in [3.63, 3.8) is 0 Å². The highest BCUT2D eigenvalue weighted by Gasteiger charge is 2.29. The van der Waals surface area contributed by atoms with Crippen LogP contribution in [-0.2, 0) is 19.4 Å². The average molecular weight is 262 g/mol. The van der Waals surface area contributed by atoms with E-state index in [0.717, 1.165) is 25.3 Å². The first-order chi connectivity index (χ1) is 9.15. The maximum absolute atomic E-state index is 4.48. The first kappa shape index (κ1) is 13.1. The van der Waals surface area contributed by atoms with Gasteiger partial charge >= 0.3 is 0 Å². The Bertz CT molecular complexity index is 437. The van der Waals surface area contributed by atoms with Crippen LogP contribution in [0.5, 0.6) is 0 Å². The molecule has 0 spiro atoms. The van der Waals surface area contributed by atoms with Crippen LogP contribution in [0, 0.1) is 5.92 Å². The molecule has 3 heterocycles. The molecule has 4 nitrogen and oxygen atoms in total. The zero-order valence-electron chi connectivity index (χ0n) is 12.5. The molecule has 0 bridgehead atoms. The van der Waals surface area contributed by atoms with Gasteiger partial charge in [0.15, 0.2) is 0 Å². The van der Waals surface area contributed by atoms with Crippen molar-refractivity contribution in [2.24, 2.45) is 5.92 Å². The molecule has 2 unspecified atom stereocenters. The third-order valence-electron chi connectivity index (χ3n) is 4.76. The minimum absolute atomic E-state index is 0.648. The number of aryl methyl sites for hydroxylation is 1. The van der Waals surface area contributed by atoms with Gasteiger partial charge in [-0.3, -0.25) is 4.90 Å². The zero-order chi connectivity index (χ0) is 13.4. The van der Waals surface area contributed by atoms with Crippen LogP contribution < -0.4 is 0 Å². The van der Waals surface area contributed by atoms with Gasteiger partial charge in [0, 0.05) is 31.5 Å². The quantitative estimate of drug-likeness (QED) is 0.838. The molecule has 1 saturated heterocycles. The van der Waals surface area contributed by atoms with Gasteiger partial charge in [0.1, 0.15) is 11.6 Å². The van der Waals surface area contributed by atoms with E-state index in [-0.39, 0.29) is 0 Å². The molecule has 0 aromatic carbocycles. The zero-order valence-corrected chi connectivity index (χ0v) is 12.5. The predicted octanol–water partition coefficient (Wildman–Crippen LogP) is 2.28. The molecule has 0 amide bonds. The minimum Gasteiger partial charge on any atom is -0.315 e. The number of rotatable bonds is 3. The summed E-state index contributed by atoms with van der Waals surface area (Å²) in [7, 11) is 0. The Balaban J connectivity index is 1.75. The van der Waals surface area contributed by atoms with Crippen molar-refractivity contribution >= 4 is 0 Å². The first-order valence-corrected chi connectivity index (χ1v) is 7.82. The molecular weight excluding hydrogens is 236 g/mol. The van der Waals surface area contributed by atoms with Gasteiger partial charge in [-0.05, 0) is 45.6 Å². The van der Waals surface area contributed by atoms with E-state index in [1.54, 1.807) is 0 Å². The highest BCUT2D eigenvalue weighted by atomic mass is 15.3. The van der Waals surface area contributed by atoms with E-state index in [0.29, 0.717) is 12.1 Å². The monoisotopic (exact) mass is 262 g/mol. The Morgan fingerprint density at radius 2 is 2.11 bits per heavy atom. The molecule has 0 N–H and O–H groups in total. The number of hydrogen-bond acceptors (Lipinski definition) is 3. The third-order valence-corrected chi connectivity index (χ3v) is 4.76. The lowest BCUT2D eigenvalue weighted by molar-refractivity contribution is 0.199. The van der Waals surface area contributed by atoms with Crippen molar-refractivity contribution in [1.29, 1.82) is 0 Å². The molecule has 0 saturated carbocycles. The summed E-state index contributed by atoms with van der Waals surface area (Å²) in [6, 6.07) is 1.32. The molecule has 106 valence electrons. The molecule has 2 aliphatic rings. The van der Waals surface area contributed by atoms with Crippen LogP contribution >= 0.6 is 0 Å². The number of likely N-dealkylation sites (tertiary alicyclic amines) is 1. The van der Waals surface area contributed by atoms with E-state index < -0.39 is 0 Å². The van der Waals surface area contributed by atoms with Gasteiger partial charge in [0.2, 0.25) is 0 Å². The number of aromatic nitrogens is 3. The van der Waals surface area contributed by atoms with Crippen molar-refractivity contribution in [2.75, 3.05) is 6.54 Å². The summed E-state index contributed by atoms with van der Waals surface area (Å²) < 4.78 is 2.39. The van der Waals surface area contributed by atoms with Crippen LogP contribution in [0.25, 0.3) is 0 Å². The maximum Gasteiger partial charge on any atom is 0.134 e. The van der Waals surface area contributed by atoms with Gasteiger partial charge in [0.25, 0.3) is 0 Å². The lowest BCUT2D eigenvalue weighted by Crippen LogP contribution is -2.37. The Hall–Kier alpha value is -0.900. The van der Waals surface area contributed by atoms with Crippen LogP contribution in [0.1, 0.15) is 51.7 Å². The summed E-state index contributed by atoms with van der Waals surface area (Å²) in [5, 5.41) is 8.87. The van der Waals surface area contributed by atoms with Gasteiger partial charge in [0.05, 0.1) is 0 Å². The summed E-state index contributed by atoms with van der Waals surface area (Å²) in [6.45, 7) is 9.31. The number of nitrogens with zero attached hydrogens (tertiary/aromatic N) is 4. The maximum atomic E-state index is 4.48. The fourth-order valence-corrected chi connectivity index (χ4v) is 3.67. The molecular formula is C15H26N4. The fraction of sp³-hybridized carbons (Fsp3) is 0.867. The van der Waals surface area contributed by atoms with E-state index >= 15 is 0 Å². The minimum atomic E-state index is 0.648. The van der Waals surface area contributed by atoms with E-state index in [1.165, 1.54) is 37.5 Å². The van der Waals surface area contributed by atoms with Gasteiger partial charge < -0.3 is 4.57 Å². The Morgan fingerprint density at radius 3 is 2.89 bits per heavy atom. The average Bonchev–Trinajstić information content (AvgIpc) is 2.97. The van der Waals surface area contributed by atoms with Crippen LogP contribution in [-0.4, -0.2) is 38.3 Å². The smallest absolute Gasteiger partial charge is 0.134 e. The second-order valence-electron chi connectivity index (χ2n) is 6.62. The van der Waals surface area contributed by atoms with E-state index in [9.17, 15) is 0 Å². The van der Waals surface area contributed by atoms with Crippen molar-refractivity contribution in [3.8, 4) is 0 Å². The number of fused-ring (bicyclic) bond motifs is 1. The molecule has 1 fully saturated rings. The van der Waals surface area contributed by atoms with Gasteiger partial charge in [-0.1, -0.05) is 6.92 Å². The fourth-order valence-electron chi connectivity index (χ4n) is 3.67. The predicted molar refractivity (Wildman–Crippen MR) is 76.1 cm³/mol. The summed E-state index contributed by atoms with van der Waals surface area (Å²) in [5.41, 5.74) is 0. The molecule has 4 heteroatoms. The second-order valence-corrected chi connectivity index (χ2v) is 6.62. The summed E-state index contributed by atoms with van der Waals surface area (Å²) in [4.78, 5) is 2.63. The lowest BCUT2D eigenvalue weighted by atomic mass is 10.0. The van der Waals surface area contributed by atoms with Crippen molar-refractivity contribution in [3.05, 3.63) is 11.6 Å². The molecule has 0 aliphatic carbocycles. The van der Waals surface area contributed by atoms with Crippen molar-refractivity contribution in [2.45, 2.75) is 71.5 Å².